The Morgan fingerprint density at radius 3 is 2.60 bits per heavy atom. The van der Waals surface area contributed by atoms with Crippen LogP contribution in [-0.4, -0.2) is 18.4 Å². The Morgan fingerprint density at radius 1 is 1.12 bits per heavy atom. The van der Waals surface area contributed by atoms with Gasteiger partial charge in [0.25, 0.3) is 0 Å². The first-order valence-corrected chi connectivity index (χ1v) is 9.40. The first kappa shape index (κ1) is 17.7. The molecule has 134 valence electrons. The highest BCUT2D eigenvalue weighted by Crippen LogP contribution is 2.46. The lowest BCUT2D eigenvalue weighted by Crippen LogP contribution is -2.43. The minimum atomic E-state index is -0.829. The Hall–Kier alpha value is -2.10. The number of rotatable bonds is 7. The third-order valence-corrected chi connectivity index (χ3v) is 5.27. The summed E-state index contributed by atoms with van der Waals surface area (Å²) in [4.78, 5) is 25.0. The Morgan fingerprint density at radius 2 is 1.92 bits per heavy atom. The molecule has 0 spiro atoms. The monoisotopic (exact) mass is 340 g/mol. The zero-order chi connectivity index (χ0) is 17.7. The standard InChI is InChI=1S/C21H28N2O2/c1-16-6-5-9-18(14-16)15-23-20(25)21(11-12-21)19(24)22-13-10-17-7-3-2-4-8-17/h5-7,9,14H,2-4,8,10-13,15H2,1H3,(H,22,24)(H,23,25). The van der Waals surface area contributed by atoms with E-state index in [1.54, 1.807) is 0 Å². The van der Waals surface area contributed by atoms with Gasteiger partial charge in [-0.15, -0.1) is 0 Å². The number of nitrogens with one attached hydrogen (secondary N) is 2. The molecule has 0 unspecified atom stereocenters. The van der Waals surface area contributed by atoms with Crippen molar-refractivity contribution in [2.75, 3.05) is 6.54 Å². The lowest BCUT2D eigenvalue weighted by Gasteiger charge is -2.17. The molecule has 0 atom stereocenters. The number of allylic oxidation sites excluding steroid dienone is 1. The Kier molecular flexibility index (Phi) is 5.57. The van der Waals surface area contributed by atoms with Crippen molar-refractivity contribution in [3.8, 4) is 0 Å². The molecule has 2 aliphatic carbocycles. The van der Waals surface area contributed by atoms with Crippen molar-refractivity contribution < 1.29 is 9.59 Å². The second-order valence-electron chi connectivity index (χ2n) is 7.37. The van der Waals surface area contributed by atoms with E-state index >= 15 is 0 Å². The molecule has 1 fully saturated rings. The van der Waals surface area contributed by atoms with E-state index < -0.39 is 5.41 Å². The van der Waals surface area contributed by atoms with Gasteiger partial charge in [0, 0.05) is 13.1 Å². The third-order valence-electron chi connectivity index (χ3n) is 5.27. The van der Waals surface area contributed by atoms with Crippen LogP contribution in [0.1, 0.15) is 56.1 Å². The van der Waals surface area contributed by atoms with Crippen molar-refractivity contribution in [2.24, 2.45) is 5.41 Å². The maximum absolute atomic E-state index is 12.5. The molecule has 25 heavy (non-hydrogen) atoms. The number of hydrogen-bond acceptors (Lipinski definition) is 2. The molecule has 4 nitrogen and oxygen atoms in total. The molecule has 1 aromatic carbocycles. The minimum absolute atomic E-state index is 0.106. The van der Waals surface area contributed by atoms with E-state index in [1.165, 1.54) is 24.0 Å². The van der Waals surface area contributed by atoms with Gasteiger partial charge in [0.15, 0.2) is 0 Å². The molecule has 0 saturated heterocycles. The van der Waals surface area contributed by atoms with Gasteiger partial charge < -0.3 is 10.6 Å². The second-order valence-corrected chi connectivity index (χ2v) is 7.37. The molecule has 2 aliphatic rings. The largest absolute Gasteiger partial charge is 0.355 e. The van der Waals surface area contributed by atoms with Crippen LogP contribution < -0.4 is 10.6 Å². The second kappa shape index (κ2) is 7.85. The summed E-state index contributed by atoms with van der Waals surface area (Å²) in [5, 5.41) is 5.92. The highest BCUT2D eigenvalue weighted by Gasteiger charge is 2.56. The molecule has 2 N–H and O–H groups in total. The van der Waals surface area contributed by atoms with E-state index in [1.807, 2.05) is 25.1 Å². The number of benzene rings is 1. The molecular weight excluding hydrogens is 312 g/mol. The fraction of sp³-hybridized carbons (Fsp3) is 0.524. The van der Waals surface area contributed by atoms with Gasteiger partial charge in [-0.05, 0) is 57.4 Å². The average Bonchev–Trinajstić information content (AvgIpc) is 3.43. The van der Waals surface area contributed by atoms with Gasteiger partial charge >= 0.3 is 0 Å². The fourth-order valence-corrected chi connectivity index (χ4v) is 3.49. The van der Waals surface area contributed by atoms with Crippen LogP contribution in [0.5, 0.6) is 0 Å². The van der Waals surface area contributed by atoms with Gasteiger partial charge in [0.1, 0.15) is 5.41 Å². The number of carbonyl (C=O) groups excluding carboxylic acids is 2. The van der Waals surface area contributed by atoms with Gasteiger partial charge in [0.05, 0.1) is 0 Å². The first-order valence-electron chi connectivity index (χ1n) is 9.40. The highest BCUT2D eigenvalue weighted by molar-refractivity contribution is 6.07. The van der Waals surface area contributed by atoms with Crippen LogP contribution in [0.4, 0.5) is 0 Å². The summed E-state index contributed by atoms with van der Waals surface area (Å²) < 4.78 is 0. The summed E-state index contributed by atoms with van der Waals surface area (Å²) in [7, 11) is 0. The van der Waals surface area contributed by atoms with E-state index in [9.17, 15) is 9.59 Å². The average molecular weight is 340 g/mol. The van der Waals surface area contributed by atoms with Crippen molar-refractivity contribution in [3.63, 3.8) is 0 Å². The van der Waals surface area contributed by atoms with Gasteiger partial charge in [-0.25, -0.2) is 0 Å². The van der Waals surface area contributed by atoms with E-state index in [0.717, 1.165) is 24.8 Å². The molecule has 2 amide bonds. The molecule has 1 saturated carbocycles. The summed E-state index contributed by atoms with van der Waals surface area (Å²) in [5.74, 6) is -0.242. The van der Waals surface area contributed by atoms with E-state index in [-0.39, 0.29) is 11.8 Å². The molecule has 3 rings (SSSR count). The molecule has 0 aromatic heterocycles. The van der Waals surface area contributed by atoms with Crippen molar-refractivity contribution in [3.05, 3.63) is 47.0 Å². The lowest BCUT2D eigenvalue weighted by molar-refractivity contribution is -0.137. The van der Waals surface area contributed by atoms with Gasteiger partial charge in [0.2, 0.25) is 11.8 Å². The molecule has 4 heteroatoms. The number of carbonyl (C=O) groups is 2. The molecule has 1 aromatic rings. The maximum atomic E-state index is 12.5. The zero-order valence-electron chi connectivity index (χ0n) is 15.1. The molecular formula is C21H28N2O2. The molecule has 0 heterocycles. The fourth-order valence-electron chi connectivity index (χ4n) is 3.49. The smallest absolute Gasteiger partial charge is 0.235 e. The van der Waals surface area contributed by atoms with Crippen LogP contribution in [0.15, 0.2) is 35.9 Å². The summed E-state index contributed by atoms with van der Waals surface area (Å²) >= 11 is 0. The predicted octanol–water partition coefficient (Wildman–Crippen LogP) is 3.40. The quantitative estimate of drug-likeness (QED) is 0.590. The zero-order valence-corrected chi connectivity index (χ0v) is 15.1. The maximum Gasteiger partial charge on any atom is 0.235 e. The molecule has 0 bridgehead atoms. The van der Waals surface area contributed by atoms with Crippen LogP contribution in [0.25, 0.3) is 0 Å². The molecule has 0 aliphatic heterocycles. The van der Waals surface area contributed by atoms with E-state index in [0.29, 0.717) is 25.9 Å². The Balaban J connectivity index is 1.46. The predicted molar refractivity (Wildman–Crippen MR) is 98.9 cm³/mol. The van der Waals surface area contributed by atoms with E-state index in [4.69, 9.17) is 0 Å². The third kappa shape index (κ3) is 4.50. The minimum Gasteiger partial charge on any atom is -0.355 e. The van der Waals surface area contributed by atoms with Crippen molar-refractivity contribution in [1.29, 1.82) is 0 Å². The van der Waals surface area contributed by atoms with Gasteiger partial charge in [-0.1, -0.05) is 41.5 Å². The SMILES string of the molecule is Cc1cccc(CNC(=O)C2(C(=O)NCCC3=CCCCC3)CC2)c1. The summed E-state index contributed by atoms with van der Waals surface area (Å²) in [5.41, 5.74) is 2.85. The summed E-state index contributed by atoms with van der Waals surface area (Å²) in [6.07, 6.45) is 9.37. The number of aryl methyl sites for hydroxylation is 1. The van der Waals surface area contributed by atoms with Crippen molar-refractivity contribution in [1.82, 2.24) is 10.6 Å². The summed E-state index contributed by atoms with van der Waals surface area (Å²) in [6, 6.07) is 8.06. The van der Waals surface area contributed by atoms with Gasteiger partial charge in [-0.2, -0.15) is 0 Å². The first-order chi connectivity index (χ1) is 12.1. The number of amides is 2. The molecule has 0 radical (unpaired) electrons. The van der Waals surface area contributed by atoms with Crippen LogP contribution in [0.2, 0.25) is 0 Å². The van der Waals surface area contributed by atoms with Crippen molar-refractivity contribution in [2.45, 2.75) is 58.4 Å². The van der Waals surface area contributed by atoms with Crippen LogP contribution in [-0.2, 0) is 16.1 Å². The van der Waals surface area contributed by atoms with Crippen LogP contribution >= 0.6 is 0 Å². The highest BCUT2D eigenvalue weighted by atomic mass is 16.2. The van der Waals surface area contributed by atoms with Crippen LogP contribution in [0, 0.1) is 12.3 Å². The normalized spacial score (nSPS) is 18.2. The van der Waals surface area contributed by atoms with Gasteiger partial charge in [-0.3, -0.25) is 9.59 Å². The van der Waals surface area contributed by atoms with Crippen LogP contribution in [0.3, 0.4) is 0 Å². The Bertz CT molecular complexity index is 674. The number of hydrogen-bond donors (Lipinski definition) is 2. The van der Waals surface area contributed by atoms with E-state index in [2.05, 4.69) is 22.8 Å². The lowest BCUT2D eigenvalue weighted by atomic mass is 9.97. The Labute approximate surface area is 150 Å². The summed E-state index contributed by atoms with van der Waals surface area (Å²) in [6.45, 7) is 3.14. The van der Waals surface area contributed by atoms with Crippen molar-refractivity contribution >= 4 is 11.8 Å². The topological polar surface area (TPSA) is 58.2 Å².